The Morgan fingerprint density at radius 2 is 1.76 bits per heavy atom. The van der Waals surface area contributed by atoms with Crippen molar-refractivity contribution in [1.29, 1.82) is 0 Å². The number of benzene rings is 3. The predicted molar refractivity (Wildman–Crippen MR) is 146 cm³/mol. The van der Waals surface area contributed by atoms with E-state index >= 15 is 0 Å². The third-order valence-electron chi connectivity index (χ3n) is 6.51. The molecular weight excluding hydrogens is 550 g/mol. The van der Waals surface area contributed by atoms with Crippen molar-refractivity contribution in [2.45, 2.75) is 31.5 Å². The Labute approximate surface area is 230 Å². The van der Waals surface area contributed by atoms with E-state index in [1.807, 2.05) is 84.2 Å². The highest BCUT2D eigenvalue weighted by Crippen LogP contribution is 2.30. The van der Waals surface area contributed by atoms with Crippen LogP contribution in [0.5, 0.6) is 0 Å². The van der Waals surface area contributed by atoms with Crippen LogP contribution in [0.25, 0.3) is 0 Å². The van der Waals surface area contributed by atoms with Crippen LogP contribution in [0.3, 0.4) is 0 Å². The van der Waals surface area contributed by atoms with Gasteiger partial charge < -0.3 is 20.1 Å². The number of carbonyl (C=O) groups excluding carboxylic acids is 3. The standard InChI is InChI=1S/C29H30BrN3O5/c1-37-26(34)18-31-27(21-11-6-3-7-12-21)23-17-22(30)14-15-24(23)32-28(35)25-13-8-16-33(25)29(36)38-19-20-9-4-2-5-10-20/h2-7,9-12,14-15,17,25,27,31H,8,13,16,18-19H2,1H3,(H,32,35)/p+1/t25-,27+/m1/s1. The molecule has 198 valence electrons. The first-order valence-electron chi connectivity index (χ1n) is 12.5. The molecule has 1 aliphatic rings. The van der Waals surface area contributed by atoms with E-state index in [1.54, 1.807) is 0 Å². The summed E-state index contributed by atoms with van der Waals surface area (Å²) in [4.78, 5) is 39.7. The minimum atomic E-state index is -0.635. The first kappa shape index (κ1) is 27.3. The summed E-state index contributed by atoms with van der Waals surface area (Å²) in [5, 5.41) is 4.92. The SMILES string of the molecule is COC(=O)C[NH2+][C@@H](c1ccccc1)c1cc(Br)ccc1NC(=O)[C@H]1CCCN1C(=O)OCc1ccccc1. The molecule has 2 amide bonds. The van der Waals surface area contributed by atoms with Gasteiger partial charge in [0, 0.05) is 22.1 Å². The molecule has 0 bridgehead atoms. The number of amides is 2. The highest BCUT2D eigenvalue weighted by Gasteiger charge is 2.36. The molecule has 3 N–H and O–H groups in total. The van der Waals surface area contributed by atoms with Crippen LogP contribution in [0.1, 0.15) is 35.6 Å². The summed E-state index contributed by atoms with van der Waals surface area (Å²) in [7, 11) is 1.36. The van der Waals surface area contributed by atoms with Gasteiger partial charge in [-0.05, 0) is 36.6 Å². The molecule has 9 heteroatoms. The Morgan fingerprint density at radius 1 is 1.05 bits per heavy atom. The van der Waals surface area contributed by atoms with E-state index in [-0.39, 0.29) is 31.1 Å². The van der Waals surface area contributed by atoms with Crippen LogP contribution in [0, 0.1) is 0 Å². The highest BCUT2D eigenvalue weighted by molar-refractivity contribution is 9.10. The second-order valence-corrected chi connectivity index (χ2v) is 9.93. The molecule has 0 radical (unpaired) electrons. The number of ether oxygens (including phenoxy) is 2. The number of carbonyl (C=O) groups is 3. The van der Waals surface area contributed by atoms with Crippen LogP contribution in [-0.2, 0) is 25.7 Å². The Kier molecular flexibility index (Phi) is 9.51. The lowest BCUT2D eigenvalue weighted by molar-refractivity contribution is -0.677. The number of rotatable bonds is 9. The van der Waals surface area contributed by atoms with Gasteiger partial charge in [-0.1, -0.05) is 76.6 Å². The van der Waals surface area contributed by atoms with Crippen LogP contribution in [0.2, 0.25) is 0 Å². The lowest BCUT2D eigenvalue weighted by Gasteiger charge is -2.25. The summed E-state index contributed by atoms with van der Waals surface area (Å²) >= 11 is 3.54. The summed E-state index contributed by atoms with van der Waals surface area (Å²) in [6.45, 7) is 0.716. The molecule has 3 aromatic rings. The van der Waals surface area contributed by atoms with Gasteiger partial charge in [0.15, 0.2) is 6.54 Å². The van der Waals surface area contributed by atoms with Crippen LogP contribution >= 0.6 is 15.9 Å². The maximum atomic E-state index is 13.5. The summed E-state index contributed by atoms with van der Waals surface area (Å²) in [5.41, 5.74) is 3.28. The molecular formula is C29H31BrN3O5+. The number of halogens is 1. The number of methoxy groups -OCH3 is 1. The monoisotopic (exact) mass is 580 g/mol. The number of hydrogen-bond acceptors (Lipinski definition) is 5. The Hall–Kier alpha value is -3.69. The molecule has 1 saturated heterocycles. The summed E-state index contributed by atoms with van der Waals surface area (Å²) in [6.07, 6.45) is 0.760. The van der Waals surface area contributed by atoms with E-state index in [4.69, 9.17) is 9.47 Å². The molecule has 3 aromatic carbocycles. The van der Waals surface area contributed by atoms with Gasteiger partial charge in [0.1, 0.15) is 18.7 Å². The first-order valence-corrected chi connectivity index (χ1v) is 13.3. The normalized spacial score (nSPS) is 15.5. The van der Waals surface area contributed by atoms with Crippen molar-refractivity contribution < 1.29 is 29.2 Å². The van der Waals surface area contributed by atoms with Gasteiger partial charge in [0.05, 0.1) is 12.8 Å². The minimum absolute atomic E-state index is 0.111. The second kappa shape index (κ2) is 13.2. The van der Waals surface area contributed by atoms with E-state index < -0.39 is 12.1 Å². The van der Waals surface area contributed by atoms with Crippen molar-refractivity contribution in [3.05, 3.63) is 100 Å². The molecule has 0 saturated carbocycles. The van der Waals surface area contributed by atoms with Crippen LogP contribution in [-0.4, -0.2) is 49.1 Å². The van der Waals surface area contributed by atoms with Crippen molar-refractivity contribution in [1.82, 2.24) is 4.90 Å². The molecule has 1 fully saturated rings. The molecule has 8 nitrogen and oxygen atoms in total. The zero-order chi connectivity index (χ0) is 26.9. The fraction of sp³-hybridized carbons (Fsp3) is 0.276. The van der Waals surface area contributed by atoms with E-state index in [2.05, 4.69) is 21.2 Å². The van der Waals surface area contributed by atoms with Crippen molar-refractivity contribution >= 4 is 39.6 Å². The topological polar surface area (TPSA) is 102 Å². The lowest BCUT2D eigenvalue weighted by Crippen LogP contribution is -2.87. The van der Waals surface area contributed by atoms with E-state index in [9.17, 15) is 14.4 Å². The number of anilines is 1. The zero-order valence-corrected chi connectivity index (χ0v) is 22.7. The summed E-state index contributed by atoms with van der Waals surface area (Å²) < 4.78 is 11.2. The average molecular weight is 581 g/mol. The van der Waals surface area contributed by atoms with Gasteiger partial charge >= 0.3 is 12.1 Å². The number of likely N-dealkylation sites (tertiary alicyclic amines) is 1. The largest absolute Gasteiger partial charge is 0.465 e. The predicted octanol–water partition coefficient (Wildman–Crippen LogP) is 4.01. The Bertz CT molecular complexity index is 1260. The molecule has 0 aromatic heterocycles. The maximum Gasteiger partial charge on any atom is 0.410 e. The molecule has 38 heavy (non-hydrogen) atoms. The molecule has 1 aliphatic heterocycles. The number of nitrogens with one attached hydrogen (secondary N) is 1. The molecule has 4 rings (SSSR count). The first-order chi connectivity index (χ1) is 18.5. The minimum Gasteiger partial charge on any atom is -0.465 e. The Balaban J connectivity index is 1.52. The average Bonchev–Trinajstić information content (AvgIpc) is 3.44. The molecule has 0 aliphatic carbocycles. The van der Waals surface area contributed by atoms with Crippen LogP contribution in [0.4, 0.5) is 10.5 Å². The van der Waals surface area contributed by atoms with Crippen molar-refractivity contribution in [3.63, 3.8) is 0 Å². The molecule has 0 spiro atoms. The fourth-order valence-electron chi connectivity index (χ4n) is 4.58. The fourth-order valence-corrected chi connectivity index (χ4v) is 4.96. The number of nitrogens with two attached hydrogens (primary N) is 1. The van der Waals surface area contributed by atoms with E-state index in [0.717, 1.165) is 21.2 Å². The van der Waals surface area contributed by atoms with Gasteiger partial charge in [-0.2, -0.15) is 0 Å². The van der Waals surface area contributed by atoms with Gasteiger partial charge in [-0.3, -0.25) is 9.69 Å². The summed E-state index contributed by atoms with van der Waals surface area (Å²) in [5.74, 6) is -0.621. The summed E-state index contributed by atoms with van der Waals surface area (Å²) in [6, 6.07) is 23.9. The van der Waals surface area contributed by atoms with Crippen LogP contribution < -0.4 is 10.6 Å². The highest BCUT2D eigenvalue weighted by atomic mass is 79.9. The molecule has 1 heterocycles. The van der Waals surface area contributed by atoms with E-state index in [0.29, 0.717) is 25.1 Å². The molecule has 2 atom stereocenters. The maximum absolute atomic E-state index is 13.5. The number of hydrogen-bond donors (Lipinski definition) is 2. The second-order valence-electron chi connectivity index (χ2n) is 9.02. The lowest BCUT2D eigenvalue weighted by atomic mass is 9.96. The van der Waals surface area contributed by atoms with Crippen molar-refractivity contribution in [2.75, 3.05) is 25.5 Å². The van der Waals surface area contributed by atoms with Gasteiger partial charge in [-0.15, -0.1) is 0 Å². The quantitative estimate of drug-likeness (QED) is 0.372. The molecule has 0 unspecified atom stereocenters. The van der Waals surface area contributed by atoms with Gasteiger partial charge in [-0.25, -0.2) is 9.59 Å². The van der Waals surface area contributed by atoms with Gasteiger partial charge in [0.25, 0.3) is 0 Å². The Morgan fingerprint density at radius 3 is 2.47 bits per heavy atom. The smallest absolute Gasteiger partial charge is 0.410 e. The number of nitrogens with zero attached hydrogens (tertiary/aromatic N) is 1. The number of esters is 1. The van der Waals surface area contributed by atoms with Crippen molar-refractivity contribution in [3.8, 4) is 0 Å². The zero-order valence-electron chi connectivity index (χ0n) is 21.1. The number of quaternary nitrogens is 1. The third-order valence-corrected chi connectivity index (χ3v) is 7.00. The third kappa shape index (κ3) is 6.99. The van der Waals surface area contributed by atoms with Crippen molar-refractivity contribution in [2.24, 2.45) is 0 Å². The van der Waals surface area contributed by atoms with E-state index in [1.165, 1.54) is 12.0 Å². The van der Waals surface area contributed by atoms with Gasteiger partial charge in [0.2, 0.25) is 5.91 Å². The van der Waals surface area contributed by atoms with Crippen LogP contribution in [0.15, 0.2) is 83.3 Å².